The Hall–Kier alpha value is -1.59. The second kappa shape index (κ2) is 4.20. The predicted octanol–water partition coefficient (Wildman–Crippen LogP) is 0.740. The van der Waals surface area contributed by atoms with Crippen LogP contribution in [0, 0.1) is 10.8 Å². The molecule has 0 aromatic heterocycles. The molecule has 1 aliphatic heterocycles. The van der Waals surface area contributed by atoms with E-state index in [1.54, 1.807) is 0 Å². The van der Waals surface area contributed by atoms with Gasteiger partial charge in [0.25, 0.3) is 5.91 Å². The van der Waals surface area contributed by atoms with E-state index in [2.05, 4.69) is 4.74 Å². The quantitative estimate of drug-likeness (QED) is 0.714. The van der Waals surface area contributed by atoms with E-state index in [1.807, 2.05) is 20.8 Å². The van der Waals surface area contributed by atoms with E-state index in [-0.39, 0.29) is 18.4 Å². The standard InChI is InChI=1S/C14H21NO5/c1-12(2)13(3)6-7-14(12,20-11(13)18)10(17)15(4)8-9(16)19-5/h6-8H2,1-5H3/t13-,14-/m1/s1. The van der Waals surface area contributed by atoms with Crippen LogP contribution >= 0.6 is 0 Å². The second-order valence-electron chi connectivity index (χ2n) is 6.41. The number of amides is 1. The number of esters is 2. The highest BCUT2D eigenvalue weighted by atomic mass is 16.6. The van der Waals surface area contributed by atoms with Crippen molar-refractivity contribution >= 4 is 17.8 Å². The molecule has 0 radical (unpaired) electrons. The molecule has 1 amide bonds. The van der Waals surface area contributed by atoms with Gasteiger partial charge in [0.05, 0.1) is 12.5 Å². The fraction of sp³-hybridized carbons (Fsp3) is 0.786. The number of nitrogens with zero attached hydrogens (tertiary/aromatic N) is 1. The van der Waals surface area contributed by atoms with Gasteiger partial charge in [0.1, 0.15) is 6.54 Å². The lowest BCUT2D eigenvalue weighted by molar-refractivity contribution is -0.174. The fourth-order valence-electron chi connectivity index (χ4n) is 3.36. The Balaban J connectivity index is 2.30. The van der Waals surface area contributed by atoms with E-state index in [0.29, 0.717) is 12.8 Å². The summed E-state index contributed by atoms with van der Waals surface area (Å²) >= 11 is 0. The number of hydrogen-bond acceptors (Lipinski definition) is 5. The summed E-state index contributed by atoms with van der Waals surface area (Å²) in [5.41, 5.74) is -2.41. The van der Waals surface area contributed by atoms with Gasteiger partial charge in [-0.05, 0) is 19.8 Å². The molecule has 112 valence electrons. The number of carbonyl (C=O) groups is 3. The highest BCUT2D eigenvalue weighted by molar-refractivity contribution is 5.97. The van der Waals surface area contributed by atoms with Crippen molar-refractivity contribution in [2.75, 3.05) is 20.7 Å². The molecule has 1 aliphatic carbocycles. The topological polar surface area (TPSA) is 72.9 Å². The highest BCUT2D eigenvalue weighted by Gasteiger charge is 2.76. The maximum Gasteiger partial charge on any atom is 0.325 e. The molecule has 2 atom stereocenters. The van der Waals surface area contributed by atoms with Crippen LogP contribution in [0.4, 0.5) is 0 Å². The van der Waals surface area contributed by atoms with Gasteiger partial charge in [-0.15, -0.1) is 0 Å². The van der Waals surface area contributed by atoms with Crippen LogP contribution in [0.2, 0.25) is 0 Å². The molecule has 0 aromatic carbocycles. The van der Waals surface area contributed by atoms with Crippen molar-refractivity contribution in [3.63, 3.8) is 0 Å². The summed E-state index contributed by atoms with van der Waals surface area (Å²) in [5, 5.41) is 0. The van der Waals surface area contributed by atoms with Crippen molar-refractivity contribution in [1.29, 1.82) is 0 Å². The van der Waals surface area contributed by atoms with Gasteiger partial charge in [-0.25, -0.2) is 0 Å². The number of hydrogen-bond donors (Lipinski definition) is 0. The van der Waals surface area contributed by atoms with Crippen LogP contribution in [0.1, 0.15) is 33.6 Å². The lowest BCUT2D eigenvalue weighted by Gasteiger charge is -2.37. The van der Waals surface area contributed by atoms with E-state index >= 15 is 0 Å². The Labute approximate surface area is 118 Å². The number of ether oxygens (including phenoxy) is 2. The van der Waals surface area contributed by atoms with Gasteiger partial charge in [-0.2, -0.15) is 0 Å². The predicted molar refractivity (Wildman–Crippen MR) is 69.6 cm³/mol. The third-order valence-corrected chi connectivity index (χ3v) is 5.37. The molecule has 1 heterocycles. The van der Waals surface area contributed by atoms with Crippen molar-refractivity contribution in [2.45, 2.75) is 39.2 Å². The maximum atomic E-state index is 12.7. The van der Waals surface area contributed by atoms with Crippen molar-refractivity contribution < 1.29 is 23.9 Å². The molecule has 6 nitrogen and oxygen atoms in total. The first kappa shape index (κ1) is 14.8. The zero-order valence-corrected chi connectivity index (χ0v) is 12.6. The molecule has 20 heavy (non-hydrogen) atoms. The molecule has 0 unspecified atom stereocenters. The minimum Gasteiger partial charge on any atom is -0.468 e. The Morgan fingerprint density at radius 2 is 1.90 bits per heavy atom. The van der Waals surface area contributed by atoms with Gasteiger partial charge in [0.15, 0.2) is 5.60 Å². The summed E-state index contributed by atoms with van der Waals surface area (Å²) in [6.07, 6.45) is 1.11. The third kappa shape index (κ3) is 1.53. The van der Waals surface area contributed by atoms with Crippen molar-refractivity contribution in [3.05, 3.63) is 0 Å². The lowest BCUT2D eigenvalue weighted by Crippen LogP contribution is -2.54. The monoisotopic (exact) mass is 283 g/mol. The summed E-state index contributed by atoms with van der Waals surface area (Å²) in [6.45, 7) is 5.46. The summed E-state index contributed by atoms with van der Waals surface area (Å²) in [5.74, 6) is -1.16. The van der Waals surface area contributed by atoms with Gasteiger partial charge in [0.2, 0.25) is 0 Å². The van der Waals surface area contributed by atoms with Crippen LogP contribution in [-0.4, -0.2) is 49.0 Å². The lowest BCUT2D eigenvalue weighted by atomic mass is 9.66. The first-order valence-electron chi connectivity index (χ1n) is 6.68. The molecule has 2 aliphatic rings. The summed E-state index contributed by atoms with van der Waals surface area (Å²) < 4.78 is 10.0. The average molecular weight is 283 g/mol. The second-order valence-corrected chi connectivity index (χ2v) is 6.41. The van der Waals surface area contributed by atoms with Crippen LogP contribution in [-0.2, 0) is 23.9 Å². The van der Waals surface area contributed by atoms with Crippen LogP contribution in [0.25, 0.3) is 0 Å². The zero-order chi connectivity index (χ0) is 15.3. The van der Waals surface area contributed by atoms with E-state index in [9.17, 15) is 14.4 Å². The fourth-order valence-corrected chi connectivity index (χ4v) is 3.36. The highest BCUT2D eigenvalue weighted by Crippen LogP contribution is 2.65. The van der Waals surface area contributed by atoms with Crippen LogP contribution in [0.15, 0.2) is 0 Å². The Morgan fingerprint density at radius 3 is 2.30 bits per heavy atom. The van der Waals surface area contributed by atoms with Gasteiger partial charge in [0, 0.05) is 12.5 Å². The summed E-state index contributed by atoms with van der Waals surface area (Å²) in [4.78, 5) is 37.4. The maximum absolute atomic E-state index is 12.7. The Bertz CT molecular complexity index is 486. The van der Waals surface area contributed by atoms with Crippen LogP contribution < -0.4 is 0 Å². The minimum absolute atomic E-state index is 0.151. The number of carbonyl (C=O) groups excluding carboxylic acids is 3. The van der Waals surface area contributed by atoms with E-state index < -0.39 is 22.4 Å². The van der Waals surface area contributed by atoms with Crippen molar-refractivity contribution in [1.82, 2.24) is 4.90 Å². The van der Waals surface area contributed by atoms with E-state index in [4.69, 9.17) is 4.74 Å². The smallest absolute Gasteiger partial charge is 0.325 e. The number of fused-ring (bicyclic) bond motifs is 2. The first-order chi connectivity index (χ1) is 9.12. The van der Waals surface area contributed by atoms with Gasteiger partial charge < -0.3 is 14.4 Å². The summed E-state index contributed by atoms with van der Waals surface area (Å²) in [7, 11) is 2.79. The first-order valence-corrected chi connectivity index (χ1v) is 6.68. The molecule has 0 aromatic rings. The average Bonchev–Trinajstić information content (AvgIpc) is 2.67. The third-order valence-electron chi connectivity index (χ3n) is 5.37. The molecule has 0 spiro atoms. The van der Waals surface area contributed by atoms with Gasteiger partial charge >= 0.3 is 11.9 Å². The zero-order valence-electron chi connectivity index (χ0n) is 12.6. The number of likely N-dealkylation sites (N-methyl/N-ethyl adjacent to an activating group) is 1. The van der Waals surface area contributed by atoms with Crippen molar-refractivity contribution in [3.8, 4) is 0 Å². The SMILES string of the molecule is COC(=O)CN(C)C(=O)[C@@]12CC[C@](C)(C(=O)O1)C2(C)C. The Kier molecular flexibility index (Phi) is 3.11. The molecule has 0 N–H and O–H groups in total. The van der Waals surface area contributed by atoms with Crippen molar-refractivity contribution in [2.24, 2.45) is 10.8 Å². The van der Waals surface area contributed by atoms with Crippen LogP contribution in [0.5, 0.6) is 0 Å². The van der Waals surface area contributed by atoms with E-state index in [0.717, 1.165) is 0 Å². The van der Waals surface area contributed by atoms with E-state index in [1.165, 1.54) is 19.1 Å². The van der Waals surface area contributed by atoms with Gasteiger partial charge in [-0.1, -0.05) is 13.8 Å². The van der Waals surface area contributed by atoms with Gasteiger partial charge in [-0.3, -0.25) is 14.4 Å². The normalized spacial score (nSPS) is 33.8. The molecule has 1 saturated heterocycles. The Morgan fingerprint density at radius 1 is 1.30 bits per heavy atom. The number of methoxy groups -OCH3 is 1. The molecule has 2 bridgehead atoms. The molecule has 1 saturated carbocycles. The molecular weight excluding hydrogens is 262 g/mol. The largest absolute Gasteiger partial charge is 0.468 e. The minimum atomic E-state index is -1.17. The molecule has 2 rings (SSSR count). The molecular formula is C14H21NO5. The molecule has 2 fully saturated rings. The molecule has 6 heteroatoms. The summed E-state index contributed by atoms with van der Waals surface area (Å²) in [6, 6.07) is 0. The van der Waals surface area contributed by atoms with Crippen LogP contribution in [0.3, 0.4) is 0 Å². The number of rotatable bonds is 3.